The largest absolute Gasteiger partial charge is 0.399 e. The van der Waals surface area contributed by atoms with Crippen molar-refractivity contribution in [3.8, 4) is 0 Å². The molecule has 1 heterocycles. The molecule has 1 aromatic rings. The number of nitrogen functional groups attached to an aromatic ring is 1. The number of sulfonamides is 1. The molecular weight excluding hydrogens is 248 g/mol. The molecule has 1 saturated heterocycles. The Balaban J connectivity index is 2.46. The molecule has 0 amide bonds. The lowest BCUT2D eigenvalue weighted by atomic mass is 10.2. The second-order valence-corrected chi connectivity index (χ2v) is 6.23. The first-order valence-corrected chi connectivity index (χ1v) is 7.05. The van der Waals surface area contributed by atoms with Crippen LogP contribution in [0.5, 0.6) is 0 Å². The number of nitrogens with two attached hydrogens (primary N) is 1. The van der Waals surface area contributed by atoms with Crippen LogP contribution in [0.4, 0.5) is 11.4 Å². The maximum absolute atomic E-state index is 11.9. The van der Waals surface area contributed by atoms with Crippen LogP contribution in [0.2, 0.25) is 5.02 Å². The average Bonchev–Trinajstić information content (AvgIpc) is 2.22. The highest BCUT2D eigenvalue weighted by molar-refractivity contribution is 7.92. The predicted molar refractivity (Wildman–Crippen MR) is 66.2 cm³/mol. The van der Waals surface area contributed by atoms with Gasteiger partial charge in [-0.05, 0) is 31.0 Å². The number of hydrogen-bond acceptors (Lipinski definition) is 3. The van der Waals surface area contributed by atoms with Gasteiger partial charge in [0, 0.05) is 12.2 Å². The molecule has 2 N–H and O–H groups in total. The average molecular weight is 261 g/mol. The molecule has 0 aromatic heterocycles. The first-order chi connectivity index (χ1) is 7.50. The lowest BCUT2D eigenvalue weighted by Crippen LogP contribution is -2.38. The minimum absolute atomic E-state index is 0.179. The molecule has 88 valence electrons. The predicted octanol–water partition coefficient (Wildman–Crippen LogP) is 1.85. The van der Waals surface area contributed by atoms with E-state index in [9.17, 15) is 8.42 Å². The van der Waals surface area contributed by atoms with Crippen LogP contribution in [0.25, 0.3) is 0 Å². The first kappa shape index (κ1) is 11.5. The fourth-order valence-corrected chi connectivity index (χ4v) is 3.70. The molecule has 4 nitrogen and oxygen atoms in total. The maximum atomic E-state index is 11.9. The molecule has 0 radical (unpaired) electrons. The zero-order chi connectivity index (χ0) is 11.8. The van der Waals surface area contributed by atoms with Crippen LogP contribution < -0.4 is 10.0 Å². The van der Waals surface area contributed by atoms with E-state index in [1.54, 1.807) is 18.2 Å². The number of rotatable bonds is 1. The van der Waals surface area contributed by atoms with Crippen molar-refractivity contribution < 1.29 is 8.42 Å². The summed E-state index contributed by atoms with van der Waals surface area (Å²) in [5.41, 5.74) is 6.64. The molecule has 6 heteroatoms. The van der Waals surface area contributed by atoms with E-state index < -0.39 is 10.0 Å². The van der Waals surface area contributed by atoms with Crippen LogP contribution in [0.15, 0.2) is 18.2 Å². The van der Waals surface area contributed by atoms with Gasteiger partial charge in [-0.1, -0.05) is 11.6 Å². The van der Waals surface area contributed by atoms with Gasteiger partial charge < -0.3 is 5.73 Å². The zero-order valence-corrected chi connectivity index (χ0v) is 10.3. The Morgan fingerprint density at radius 3 is 2.75 bits per heavy atom. The van der Waals surface area contributed by atoms with Crippen LogP contribution in [0, 0.1) is 0 Å². The van der Waals surface area contributed by atoms with E-state index in [1.807, 2.05) is 0 Å². The third-order valence-corrected chi connectivity index (χ3v) is 4.76. The molecule has 1 aliphatic rings. The van der Waals surface area contributed by atoms with E-state index in [0.29, 0.717) is 29.4 Å². The van der Waals surface area contributed by atoms with Crippen LogP contribution in [-0.2, 0) is 10.0 Å². The smallest absolute Gasteiger partial charge is 0.235 e. The van der Waals surface area contributed by atoms with Gasteiger partial charge in [-0.3, -0.25) is 4.31 Å². The summed E-state index contributed by atoms with van der Waals surface area (Å²) in [4.78, 5) is 0. The second-order valence-electron chi connectivity index (χ2n) is 3.81. The Morgan fingerprint density at radius 1 is 1.31 bits per heavy atom. The summed E-state index contributed by atoms with van der Waals surface area (Å²) in [7, 11) is -3.22. The summed E-state index contributed by atoms with van der Waals surface area (Å²) >= 11 is 6.00. The quantitative estimate of drug-likeness (QED) is 0.784. The van der Waals surface area contributed by atoms with E-state index in [0.717, 1.165) is 6.42 Å². The van der Waals surface area contributed by atoms with Gasteiger partial charge >= 0.3 is 0 Å². The zero-order valence-electron chi connectivity index (χ0n) is 8.69. The molecule has 0 unspecified atom stereocenters. The van der Waals surface area contributed by atoms with Gasteiger partial charge in [0.1, 0.15) is 0 Å². The van der Waals surface area contributed by atoms with Crippen LogP contribution in [-0.4, -0.2) is 20.7 Å². The minimum atomic E-state index is -3.22. The van der Waals surface area contributed by atoms with Crippen molar-refractivity contribution in [1.29, 1.82) is 0 Å². The summed E-state index contributed by atoms with van der Waals surface area (Å²) in [5.74, 6) is 0.179. The molecule has 1 fully saturated rings. The third-order valence-electron chi connectivity index (χ3n) is 2.59. The summed E-state index contributed by atoms with van der Waals surface area (Å²) in [5, 5.41) is 0.416. The number of hydrogen-bond donors (Lipinski definition) is 1. The third kappa shape index (κ3) is 2.10. The Labute approximate surface area is 100 Å². The molecular formula is C10H13ClN2O2S. The molecule has 2 rings (SSSR count). The Bertz CT molecular complexity index is 502. The van der Waals surface area contributed by atoms with E-state index in [2.05, 4.69) is 0 Å². The Hall–Kier alpha value is -0.940. The van der Waals surface area contributed by atoms with Crippen LogP contribution in [0.1, 0.15) is 12.8 Å². The molecule has 0 aliphatic carbocycles. The second kappa shape index (κ2) is 4.14. The summed E-state index contributed by atoms with van der Waals surface area (Å²) < 4.78 is 25.1. The number of nitrogens with zero attached hydrogens (tertiary/aromatic N) is 1. The van der Waals surface area contributed by atoms with E-state index >= 15 is 0 Å². The normalized spacial score (nSPS) is 19.7. The topological polar surface area (TPSA) is 63.4 Å². The lowest BCUT2D eigenvalue weighted by molar-refractivity contribution is 0.574. The fourth-order valence-electron chi connectivity index (χ4n) is 1.78. The standard InChI is InChI=1S/C10H13ClN2O2S/c11-9-4-3-8(12)7-10(9)13-5-1-2-6-16(13,14)15/h3-4,7H,1-2,5-6,12H2. The van der Waals surface area contributed by atoms with Crippen molar-refractivity contribution in [2.24, 2.45) is 0 Å². The van der Waals surface area contributed by atoms with E-state index in [1.165, 1.54) is 4.31 Å². The Morgan fingerprint density at radius 2 is 2.06 bits per heavy atom. The molecule has 1 aromatic carbocycles. The molecule has 0 spiro atoms. The van der Waals surface area contributed by atoms with Crippen LogP contribution >= 0.6 is 11.6 Å². The molecule has 16 heavy (non-hydrogen) atoms. The van der Waals surface area contributed by atoms with Crippen molar-refractivity contribution in [2.45, 2.75) is 12.8 Å². The summed E-state index contributed by atoms with van der Waals surface area (Å²) in [6.45, 7) is 0.478. The number of benzene rings is 1. The van der Waals surface area contributed by atoms with Crippen molar-refractivity contribution in [2.75, 3.05) is 22.3 Å². The van der Waals surface area contributed by atoms with Gasteiger partial charge in [0.25, 0.3) is 0 Å². The van der Waals surface area contributed by atoms with Crippen LogP contribution in [0.3, 0.4) is 0 Å². The fraction of sp³-hybridized carbons (Fsp3) is 0.400. The van der Waals surface area contributed by atoms with Gasteiger partial charge in [-0.25, -0.2) is 8.42 Å². The van der Waals surface area contributed by atoms with Crippen molar-refractivity contribution in [1.82, 2.24) is 0 Å². The van der Waals surface area contributed by atoms with E-state index in [4.69, 9.17) is 17.3 Å². The number of halogens is 1. The van der Waals surface area contributed by atoms with Crippen molar-refractivity contribution in [3.05, 3.63) is 23.2 Å². The van der Waals surface area contributed by atoms with Gasteiger partial charge in [0.15, 0.2) is 0 Å². The highest BCUT2D eigenvalue weighted by Crippen LogP contribution is 2.32. The first-order valence-electron chi connectivity index (χ1n) is 5.06. The lowest BCUT2D eigenvalue weighted by Gasteiger charge is -2.29. The summed E-state index contributed by atoms with van der Waals surface area (Å²) in [6.07, 6.45) is 1.56. The van der Waals surface area contributed by atoms with E-state index in [-0.39, 0.29) is 5.75 Å². The van der Waals surface area contributed by atoms with Gasteiger partial charge in [-0.2, -0.15) is 0 Å². The Kier molecular flexibility index (Phi) is 2.99. The SMILES string of the molecule is Nc1ccc(Cl)c(N2CCCCS2(=O)=O)c1. The molecule has 1 aliphatic heterocycles. The summed E-state index contributed by atoms with van der Waals surface area (Å²) in [6, 6.07) is 4.88. The van der Waals surface area contributed by atoms with Crippen molar-refractivity contribution in [3.63, 3.8) is 0 Å². The van der Waals surface area contributed by atoms with Gasteiger partial charge in [-0.15, -0.1) is 0 Å². The minimum Gasteiger partial charge on any atom is -0.399 e. The molecule has 0 saturated carbocycles. The highest BCUT2D eigenvalue weighted by Gasteiger charge is 2.27. The monoisotopic (exact) mass is 260 g/mol. The number of anilines is 2. The van der Waals surface area contributed by atoms with Gasteiger partial charge in [0.2, 0.25) is 10.0 Å². The van der Waals surface area contributed by atoms with Gasteiger partial charge in [0.05, 0.1) is 16.5 Å². The molecule has 0 bridgehead atoms. The maximum Gasteiger partial charge on any atom is 0.235 e. The highest BCUT2D eigenvalue weighted by atomic mass is 35.5. The molecule has 0 atom stereocenters. The van der Waals surface area contributed by atoms with Crippen molar-refractivity contribution >= 4 is 33.0 Å².